The van der Waals surface area contributed by atoms with E-state index in [1.54, 1.807) is 24.9 Å². The van der Waals surface area contributed by atoms with E-state index in [0.717, 1.165) is 11.1 Å². The lowest BCUT2D eigenvalue weighted by Gasteiger charge is -2.26. The van der Waals surface area contributed by atoms with Crippen LogP contribution in [0.4, 0.5) is 0 Å². The molecule has 0 aliphatic rings. The summed E-state index contributed by atoms with van der Waals surface area (Å²) in [7, 11) is 1.09. The van der Waals surface area contributed by atoms with Gasteiger partial charge in [0.2, 0.25) is 10.0 Å². The van der Waals surface area contributed by atoms with Crippen molar-refractivity contribution in [3.05, 3.63) is 64.7 Å². The van der Waals surface area contributed by atoms with E-state index in [2.05, 4.69) is 0 Å². The number of sulfonamides is 1. The van der Waals surface area contributed by atoms with E-state index >= 15 is 0 Å². The zero-order chi connectivity index (χ0) is 19.6. The normalized spacial score (nSPS) is 12.9. The summed E-state index contributed by atoms with van der Waals surface area (Å²) in [5.41, 5.74) is 2.83. The highest BCUT2D eigenvalue weighted by Crippen LogP contribution is 2.26. The number of amides is 1. The number of hydrogen-bond acceptors (Lipinski definition) is 3. The van der Waals surface area contributed by atoms with Crippen LogP contribution in [-0.4, -0.2) is 44.7 Å². The topological polar surface area (TPSA) is 57.7 Å². The maximum absolute atomic E-state index is 13.0. The van der Waals surface area contributed by atoms with E-state index in [4.69, 9.17) is 0 Å². The number of aryl methyl sites for hydroxylation is 1. The highest BCUT2D eigenvalue weighted by molar-refractivity contribution is 7.89. The fraction of sp³-hybridized carbons (Fsp3) is 0.350. The summed E-state index contributed by atoms with van der Waals surface area (Å²) in [5, 5.41) is 0. The van der Waals surface area contributed by atoms with Gasteiger partial charge in [-0.1, -0.05) is 30.3 Å². The van der Waals surface area contributed by atoms with Gasteiger partial charge in [0, 0.05) is 26.7 Å². The van der Waals surface area contributed by atoms with E-state index in [-0.39, 0.29) is 16.8 Å². The smallest absolute Gasteiger partial charge is 0.254 e. The Morgan fingerprint density at radius 2 is 1.58 bits per heavy atom. The molecule has 26 heavy (non-hydrogen) atoms. The third kappa shape index (κ3) is 3.81. The summed E-state index contributed by atoms with van der Waals surface area (Å²) in [6.07, 6.45) is 0. The largest absolute Gasteiger partial charge is 0.335 e. The molecule has 0 aliphatic heterocycles. The number of benzene rings is 2. The molecule has 0 aromatic heterocycles. The molecule has 0 unspecified atom stereocenters. The second kappa shape index (κ2) is 7.60. The van der Waals surface area contributed by atoms with Gasteiger partial charge in [-0.2, -0.15) is 0 Å². The fourth-order valence-electron chi connectivity index (χ4n) is 2.75. The van der Waals surface area contributed by atoms with Gasteiger partial charge in [-0.05, 0) is 49.6 Å². The van der Waals surface area contributed by atoms with E-state index in [1.165, 1.54) is 24.5 Å². The van der Waals surface area contributed by atoms with Crippen LogP contribution in [0.1, 0.15) is 40.0 Å². The standard InChI is InChI=1S/C20H26N2O3S/c1-14-12-18(13-19(15(14)2)26(24,25)21(4)5)20(23)22(6)16(3)17-10-8-7-9-11-17/h7-13,16H,1-6H3/t16-/m1/s1. The van der Waals surface area contributed by atoms with Crippen molar-refractivity contribution in [3.63, 3.8) is 0 Å². The Balaban J connectivity index is 2.45. The van der Waals surface area contributed by atoms with Crippen LogP contribution in [-0.2, 0) is 10.0 Å². The van der Waals surface area contributed by atoms with Crippen molar-refractivity contribution in [1.82, 2.24) is 9.21 Å². The first-order valence-electron chi connectivity index (χ1n) is 8.43. The van der Waals surface area contributed by atoms with Crippen LogP contribution in [0.3, 0.4) is 0 Å². The van der Waals surface area contributed by atoms with Crippen molar-refractivity contribution in [2.75, 3.05) is 21.1 Å². The Bertz CT molecular complexity index is 906. The minimum atomic E-state index is -3.62. The Hall–Kier alpha value is -2.18. The zero-order valence-electron chi connectivity index (χ0n) is 16.1. The second-order valence-electron chi connectivity index (χ2n) is 6.71. The van der Waals surface area contributed by atoms with Crippen LogP contribution in [0.2, 0.25) is 0 Å². The average molecular weight is 375 g/mol. The molecule has 0 radical (unpaired) electrons. The molecule has 0 saturated carbocycles. The van der Waals surface area contributed by atoms with Gasteiger partial charge in [0.1, 0.15) is 0 Å². The lowest BCUT2D eigenvalue weighted by molar-refractivity contribution is 0.0742. The van der Waals surface area contributed by atoms with Crippen LogP contribution in [0.15, 0.2) is 47.4 Å². The Morgan fingerprint density at radius 1 is 1.00 bits per heavy atom. The molecule has 0 bridgehead atoms. The molecule has 0 spiro atoms. The van der Waals surface area contributed by atoms with Crippen LogP contribution >= 0.6 is 0 Å². The molecular weight excluding hydrogens is 348 g/mol. The molecule has 2 rings (SSSR count). The van der Waals surface area contributed by atoms with Crippen molar-refractivity contribution in [1.29, 1.82) is 0 Å². The highest BCUT2D eigenvalue weighted by Gasteiger charge is 2.25. The Labute approximate surface area is 156 Å². The van der Waals surface area contributed by atoms with Crippen LogP contribution in [0.5, 0.6) is 0 Å². The van der Waals surface area contributed by atoms with Crippen molar-refractivity contribution >= 4 is 15.9 Å². The van der Waals surface area contributed by atoms with Crippen LogP contribution in [0.25, 0.3) is 0 Å². The summed E-state index contributed by atoms with van der Waals surface area (Å²) in [6, 6.07) is 12.8. The zero-order valence-corrected chi connectivity index (χ0v) is 17.0. The molecule has 5 nitrogen and oxygen atoms in total. The maximum Gasteiger partial charge on any atom is 0.254 e. The van der Waals surface area contributed by atoms with E-state index < -0.39 is 10.0 Å². The highest BCUT2D eigenvalue weighted by atomic mass is 32.2. The van der Waals surface area contributed by atoms with Gasteiger partial charge in [0.05, 0.1) is 10.9 Å². The van der Waals surface area contributed by atoms with Gasteiger partial charge in [-0.15, -0.1) is 0 Å². The van der Waals surface area contributed by atoms with E-state index in [1.807, 2.05) is 44.2 Å². The average Bonchev–Trinajstić information content (AvgIpc) is 2.62. The van der Waals surface area contributed by atoms with Gasteiger partial charge >= 0.3 is 0 Å². The first-order valence-corrected chi connectivity index (χ1v) is 9.87. The van der Waals surface area contributed by atoms with Gasteiger partial charge in [-0.25, -0.2) is 12.7 Å². The maximum atomic E-state index is 13.0. The van der Waals surface area contributed by atoms with Gasteiger partial charge < -0.3 is 4.90 Å². The predicted octanol–water partition coefficient (Wildman–Crippen LogP) is 3.39. The summed E-state index contributed by atoms with van der Waals surface area (Å²) >= 11 is 0. The van der Waals surface area contributed by atoms with E-state index in [0.29, 0.717) is 11.1 Å². The quantitative estimate of drug-likeness (QED) is 0.806. The predicted molar refractivity (Wildman–Crippen MR) is 104 cm³/mol. The Kier molecular flexibility index (Phi) is 5.88. The first-order chi connectivity index (χ1) is 12.1. The van der Waals surface area contributed by atoms with Crippen molar-refractivity contribution in [2.24, 2.45) is 0 Å². The third-order valence-electron chi connectivity index (χ3n) is 4.81. The van der Waals surface area contributed by atoms with Gasteiger partial charge in [0.25, 0.3) is 5.91 Å². The molecule has 2 aromatic carbocycles. The third-order valence-corrected chi connectivity index (χ3v) is 6.75. The molecule has 2 aromatic rings. The van der Waals surface area contributed by atoms with Gasteiger partial charge in [0.15, 0.2) is 0 Å². The molecule has 1 atom stereocenters. The number of carbonyl (C=O) groups excluding carboxylic acids is 1. The molecular formula is C20H26N2O3S. The summed E-state index contributed by atoms with van der Waals surface area (Å²) in [4.78, 5) is 14.8. The molecule has 140 valence electrons. The monoisotopic (exact) mass is 374 g/mol. The number of rotatable bonds is 5. The van der Waals surface area contributed by atoms with Gasteiger partial charge in [-0.3, -0.25) is 4.79 Å². The van der Waals surface area contributed by atoms with Crippen molar-refractivity contribution in [2.45, 2.75) is 31.7 Å². The molecule has 6 heteroatoms. The molecule has 0 aliphatic carbocycles. The minimum Gasteiger partial charge on any atom is -0.335 e. The second-order valence-corrected chi connectivity index (χ2v) is 8.83. The first kappa shape index (κ1) is 20.1. The number of hydrogen-bond donors (Lipinski definition) is 0. The van der Waals surface area contributed by atoms with Crippen LogP contribution < -0.4 is 0 Å². The van der Waals surface area contributed by atoms with Crippen LogP contribution in [0, 0.1) is 13.8 Å². The molecule has 1 amide bonds. The molecule has 0 heterocycles. The van der Waals surface area contributed by atoms with E-state index in [9.17, 15) is 13.2 Å². The Morgan fingerprint density at radius 3 is 2.12 bits per heavy atom. The summed E-state index contributed by atoms with van der Waals surface area (Å²) < 4.78 is 26.4. The molecule has 0 fully saturated rings. The molecule has 0 saturated heterocycles. The fourth-order valence-corrected chi connectivity index (χ4v) is 3.97. The number of nitrogens with zero attached hydrogens (tertiary/aromatic N) is 2. The summed E-state index contributed by atoms with van der Waals surface area (Å²) in [6.45, 7) is 5.53. The summed E-state index contributed by atoms with van der Waals surface area (Å²) in [5.74, 6) is -0.209. The number of carbonyl (C=O) groups is 1. The molecule has 0 N–H and O–H groups in total. The van der Waals surface area contributed by atoms with Crippen molar-refractivity contribution in [3.8, 4) is 0 Å². The SMILES string of the molecule is Cc1cc(C(=O)N(C)[C@H](C)c2ccccc2)cc(S(=O)(=O)N(C)C)c1C. The minimum absolute atomic E-state index is 0.126. The lowest BCUT2D eigenvalue weighted by atomic mass is 10.0. The lowest BCUT2D eigenvalue weighted by Crippen LogP contribution is -2.30. The van der Waals surface area contributed by atoms with Crippen molar-refractivity contribution < 1.29 is 13.2 Å².